The fourth-order valence-electron chi connectivity index (χ4n) is 3.89. The summed E-state index contributed by atoms with van der Waals surface area (Å²) in [6.45, 7) is 3.17. The molecule has 0 spiro atoms. The summed E-state index contributed by atoms with van der Waals surface area (Å²) in [6.07, 6.45) is 5.66. The molecular formula is C21H25N5O3S. The van der Waals surface area contributed by atoms with Crippen LogP contribution in [-0.2, 0) is 0 Å². The Bertz CT molecular complexity index is 1020. The van der Waals surface area contributed by atoms with E-state index in [9.17, 15) is 14.7 Å². The average Bonchev–Trinajstić information content (AvgIpc) is 3.47. The lowest BCUT2D eigenvalue weighted by atomic mass is 9.93. The molecule has 30 heavy (non-hydrogen) atoms. The highest BCUT2D eigenvalue weighted by Gasteiger charge is 2.27. The molecule has 0 saturated carbocycles. The van der Waals surface area contributed by atoms with Gasteiger partial charge in [0.2, 0.25) is 0 Å². The van der Waals surface area contributed by atoms with Gasteiger partial charge in [-0.05, 0) is 36.8 Å². The van der Waals surface area contributed by atoms with Crippen LogP contribution in [0.2, 0.25) is 0 Å². The molecule has 158 valence electrons. The maximum absolute atomic E-state index is 12.6. The number of aliphatic hydroxyl groups is 1. The van der Waals surface area contributed by atoms with Crippen molar-refractivity contribution >= 4 is 28.8 Å². The van der Waals surface area contributed by atoms with Gasteiger partial charge in [0.05, 0.1) is 18.2 Å². The highest BCUT2D eigenvalue weighted by molar-refractivity contribution is 7.08. The Morgan fingerprint density at radius 2 is 2.10 bits per heavy atom. The number of amides is 2. The predicted octanol–water partition coefficient (Wildman–Crippen LogP) is 2.31. The number of carbonyl (C=O) groups is 2. The number of imidazole rings is 1. The zero-order valence-corrected chi connectivity index (χ0v) is 17.6. The second-order valence-corrected chi connectivity index (χ2v) is 8.28. The summed E-state index contributed by atoms with van der Waals surface area (Å²) >= 11 is 1.53. The molecule has 1 atom stereocenters. The maximum atomic E-state index is 12.6. The third-order valence-electron chi connectivity index (χ3n) is 5.69. The standard InChI is InChI=1S/C21H25N5O3S/c1-2-16(11-27)24-20(28)18-19-22-7-3-17(26(19)13-23-18)14-4-8-25(9-5-14)21(29)15-6-10-30-12-15/h3,6-7,10,12-14,16,27H,2,4-5,8-9,11H2,1H3,(H,24,28). The van der Waals surface area contributed by atoms with Crippen molar-refractivity contribution in [3.05, 3.63) is 52.4 Å². The third-order valence-corrected chi connectivity index (χ3v) is 6.38. The number of nitrogens with zero attached hydrogens (tertiary/aromatic N) is 4. The molecule has 0 radical (unpaired) electrons. The van der Waals surface area contributed by atoms with Crippen molar-refractivity contribution in [2.75, 3.05) is 19.7 Å². The minimum Gasteiger partial charge on any atom is -0.394 e. The highest BCUT2D eigenvalue weighted by Crippen LogP contribution is 2.29. The number of hydrogen-bond donors (Lipinski definition) is 2. The molecule has 0 bridgehead atoms. The van der Waals surface area contributed by atoms with Gasteiger partial charge in [0, 0.05) is 36.3 Å². The fourth-order valence-corrected chi connectivity index (χ4v) is 4.52. The van der Waals surface area contributed by atoms with Crippen LogP contribution in [0.1, 0.15) is 58.6 Å². The summed E-state index contributed by atoms with van der Waals surface area (Å²) < 4.78 is 1.87. The van der Waals surface area contributed by atoms with Crippen LogP contribution in [0.15, 0.2) is 35.4 Å². The monoisotopic (exact) mass is 427 g/mol. The molecule has 0 aliphatic carbocycles. The molecule has 2 N–H and O–H groups in total. The van der Waals surface area contributed by atoms with Crippen molar-refractivity contribution in [3.63, 3.8) is 0 Å². The van der Waals surface area contributed by atoms with Crippen LogP contribution in [0.3, 0.4) is 0 Å². The zero-order chi connectivity index (χ0) is 21.1. The smallest absolute Gasteiger partial charge is 0.274 e. The minimum absolute atomic E-state index is 0.0884. The molecule has 4 heterocycles. The number of hydrogen-bond acceptors (Lipinski definition) is 6. The number of aliphatic hydroxyl groups excluding tert-OH is 1. The number of likely N-dealkylation sites (tertiary alicyclic amines) is 1. The van der Waals surface area contributed by atoms with Crippen LogP contribution in [-0.4, -0.2) is 61.9 Å². The van der Waals surface area contributed by atoms with Gasteiger partial charge in [0.25, 0.3) is 11.8 Å². The first kappa shape index (κ1) is 20.5. The SMILES string of the molecule is CCC(CO)NC(=O)c1ncn2c(C3CCN(C(=O)c4ccsc4)CC3)ccnc12. The molecule has 9 heteroatoms. The number of fused-ring (bicyclic) bond motifs is 1. The summed E-state index contributed by atoms with van der Waals surface area (Å²) in [6, 6.07) is 3.52. The van der Waals surface area contributed by atoms with Gasteiger partial charge >= 0.3 is 0 Å². The van der Waals surface area contributed by atoms with Crippen molar-refractivity contribution < 1.29 is 14.7 Å². The number of thiophene rings is 1. The summed E-state index contributed by atoms with van der Waals surface area (Å²) in [4.78, 5) is 35.7. The molecule has 1 saturated heterocycles. The molecule has 8 nitrogen and oxygen atoms in total. The Labute approximate surface area is 178 Å². The second kappa shape index (κ2) is 8.93. The van der Waals surface area contributed by atoms with Gasteiger partial charge in [-0.25, -0.2) is 9.97 Å². The normalized spacial score (nSPS) is 16.0. The van der Waals surface area contributed by atoms with E-state index in [1.807, 2.05) is 39.1 Å². The molecule has 2 amide bonds. The van der Waals surface area contributed by atoms with E-state index >= 15 is 0 Å². The lowest BCUT2D eigenvalue weighted by molar-refractivity contribution is 0.0712. The van der Waals surface area contributed by atoms with Crippen LogP contribution in [0.4, 0.5) is 0 Å². The fraction of sp³-hybridized carbons (Fsp3) is 0.429. The highest BCUT2D eigenvalue weighted by atomic mass is 32.1. The Morgan fingerprint density at radius 3 is 2.77 bits per heavy atom. The van der Waals surface area contributed by atoms with E-state index in [4.69, 9.17) is 0 Å². The van der Waals surface area contributed by atoms with E-state index in [2.05, 4.69) is 15.3 Å². The molecule has 1 fully saturated rings. The molecule has 1 unspecified atom stereocenters. The number of nitrogens with one attached hydrogen (secondary N) is 1. The van der Waals surface area contributed by atoms with Crippen molar-refractivity contribution in [3.8, 4) is 0 Å². The van der Waals surface area contributed by atoms with E-state index < -0.39 is 0 Å². The molecule has 3 aromatic rings. The maximum Gasteiger partial charge on any atom is 0.274 e. The molecule has 3 aromatic heterocycles. The molecular weight excluding hydrogens is 402 g/mol. The Kier molecular flexibility index (Phi) is 6.10. The largest absolute Gasteiger partial charge is 0.394 e. The summed E-state index contributed by atoms with van der Waals surface area (Å²) in [5.41, 5.74) is 2.56. The molecule has 1 aliphatic heterocycles. The molecule has 4 rings (SSSR count). The van der Waals surface area contributed by atoms with Crippen molar-refractivity contribution in [2.24, 2.45) is 0 Å². The Hall–Kier alpha value is -2.78. The predicted molar refractivity (Wildman–Crippen MR) is 114 cm³/mol. The van der Waals surface area contributed by atoms with Crippen LogP contribution < -0.4 is 5.32 Å². The quantitative estimate of drug-likeness (QED) is 0.629. The van der Waals surface area contributed by atoms with E-state index in [0.29, 0.717) is 25.2 Å². The topological polar surface area (TPSA) is 99.8 Å². The van der Waals surface area contributed by atoms with Crippen LogP contribution in [0, 0.1) is 0 Å². The lowest BCUT2D eigenvalue weighted by Gasteiger charge is -2.32. The van der Waals surface area contributed by atoms with Crippen molar-refractivity contribution in [2.45, 2.75) is 38.1 Å². The Morgan fingerprint density at radius 1 is 1.30 bits per heavy atom. The lowest BCUT2D eigenvalue weighted by Crippen LogP contribution is -2.38. The van der Waals surface area contributed by atoms with Gasteiger partial charge < -0.3 is 15.3 Å². The van der Waals surface area contributed by atoms with Gasteiger partial charge in [-0.15, -0.1) is 0 Å². The van der Waals surface area contributed by atoms with Crippen molar-refractivity contribution in [1.82, 2.24) is 24.6 Å². The van der Waals surface area contributed by atoms with Crippen LogP contribution in [0.5, 0.6) is 0 Å². The van der Waals surface area contributed by atoms with Gasteiger partial charge in [-0.2, -0.15) is 11.3 Å². The second-order valence-electron chi connectivity index (χ2n) is 7.50. The minimum atomic E-state index is -0.334. The van der Waals surface area contributed by atoms with Gasteiger partial charge in [0.1, 0.15) is 6.33 Å². The number of piperidine rings is 1. The van der Waals surface area contributed by atoms with Crippen LogP contribution in [0.25, 0.3) is 5.65 Å². The van der Waals surface area contributed by atoms with Crippen LogP contribution >= 0.6 is 11.3 Å². The number of aromatic nitrogens is 3. The van der Waals surface area contributed by atoms with Gasteiger partial charge in [-0.1, -0.05) is 6.92 Å². The average molecular weight is 428 g/mol. The molecule has 1 aliphatic rings. The van der Waals surface area contributed by atoms with Gasteiger partial charge in [0.15, 0.2) is 11.3 Å². The number of carbonyl (C=O) groups excluding carboxylic acids is 2. The van der Waals surface area contributed by atoms with E-state index in [1.165, 1.54) is 11.3 Å². The zero-order valence-electron chi connectivity index (χ0n) is 16.8. The first-order chi connectivity index (χ1) is 14.6. The van der Waals surface area contributed by atoms with E-state index in [-0.39, 0.29) is 36.1 Å². The summed E-state index contributed by atoms with van der Waals surface area (Å²) in [5.74, 6) is 0.0118. The Balaban J connectivity index is 1.50. The van der Waals surface area contributed by atoms with Crippen molar-refractivity contribution in [1.29, 1.82) is 0 Å². The molecule has 0 aromatic carbocycles. The first-order valence-corrected chi connectivity index (χ1v) is 11.1. The summed E-state index contributed by atoms with van der Waals surface area (Å²) in [5, 5.41) is 15.9. The first-order valence-electron chi connectivity index (χ1n) is 10.2. The van der Waals surface area contributed by atoms with E-state index in [1.54, 1.807) is 12.5 Å². The van der Waals surface area contributed by atoms with E-state index in [0.717, 1.165) is 24.1 Å². The third kappa shape index (κ3) is 3.95. The van der Waals surface area contributed by atoms with Gasteiger partial charge in [-0.3, -0.25) is 14.0 Å². The number of rotatable bonds is 6. The summed E-state index contributed by atoms with van der Waals surface area (Å²) in [7, 11) is 0.